The first kappa shape index (κ1) is 21.1. The lowest BCUT2D eigenvalue weighted by atomic mass is 9.72. The van der Waals surface area contributed by atoms with Crippen LogP contribution < -0.4 is 5.56 Å². The van der Waals surface area contributed by atoms with Gasteiger partial charge in [0.2, 0.25) is 0 Å². The highest BCUT2D eigenvalue weighted by molar-refractivity contribution is 7.99. The van der Waals surface area contributed by atoms with Crippen molar-refractivity contribution in [2.75, 3.05) is 12.4 Å². The van der Waals surface area contributed by atoms with E-state index in [9.17, 15) is 9.59 Å². The summed E-state index contributed by atoms with van der Waals surface area (Å²) in [7, 11) is 0. The first-order valence-electron chi connectivity index (χ1n) is 9.70. The molecule has 1 aliphatic rings. The lowest BCUT2D eigenvalue weighted by molar-refractivity contribution is -0.139. The lowest BCUT2D eigenvalue weighted by Crippen LogP contribution is -2.27. The Kier molecular flexibility index (Phi) is 6.34. The van der Waals surface area contributed by atoms with Gasteiger partial charge in [0, 0.05) is 11.4 Å². The van der Waals surface area contributed by atoms with Crippen LogP contribution in [0.5, 0.6) is 0 Å². The quantitative estimate of drug-likeness (QED) is 0.299. The molecule has 0 unspecified atom stereocenters. The summed E-state index contributed by atoms with van der Waals surface area (Å²) < 4.78 is 6.63. The van der Waals surface area contributed by atoms with Crippen LogP contribution in [0, 0.1) is 11.3 Å². The number of hydrogen-bond donors (Lipinski definition) is 0. The Morgan fingerprint density at radius 3 is 2.86 bits per heavy atom. The van der Waals surface area contributed by atoms with E-state index in [0.29, 0.717) is 24.2 Å². The zero-order chi connectivity index (χ0) is 20.5. The van der Waals surface area contributed by atoms with E-state index in [2.05, 4.69) is 27.4 Å². The van der Waals surface area contributed by atoms with Crippen molar-refractivity contribution in [2.45, 2.75) is 58.7 Å². The van der Waals surface area contributed by atoms with Crippen LogP contribution in [-0.2, 0) is 28.9 Å². The number of allylic oxidation sites excluding steroid dienone is 1. The first-order valence-corrected chi connectivity index (χ1v) is 11.5. The summed E-state index contributed by atoms with van der Waals surface area (Å²) in [5, 5.41) is 1.31. The van der Waals surface area contributed by atoms with Crippen LogP contribution >= 0.6 is 23.1 Å². The van der Waals surface area contributed by atoms with E-state index in [4.69, 9.17) is 9.72 Å². The fourth-order valence-corrected chi connectivity index (χ4v) is 5.85. The number of carbonyl (C=O) groups excluding carboxylic acids is 1. The van der Waals surface area contributed by atoms with Gasteiger partial charge >= 0.3 is 5.97 Å². The highest BCUT2D eigenvalue weighted by Crippen LogP contribution is 2.42. The largest absolute Gasteiger partial charge is 0.465 e. The topological polar surface area (TPSA) is 61.2 Å². The van der Waals surface area contributed by atoms with E-state index >= 15 is 0 Å². The number of rotatable bonds is 6. The molecule has 2 heterocycles. The third-order valence-electron chi connectivity index (χ3n) is 5.29. The van der Waals surface area contributed by atoms with E-state index in [1.165, 1.54) is 22.2 Å². The second-order valence-electron chi connectivity index (χ2n) is 8.18. The summed E-state index contributed by atoms with van der Waals surface area (Å²) in [6, 6.07) is 0. The van der Waals surface area contributed by atoms with Crippen LogP contribution in [0.4, 0.5) is 0 Å². The molecule has 2 aromatic rings. The molecular weight excluding hydrogens is 392 g/mol. The van der Waals surface area contributed by atoms with Crippen LogP contribution in [-0.4, -0.2) is 27.9 Å². The molecule has 0 aliphatic heterocycles. The highest BCUT2D eigenvalue weighted by Gasteiger charge is 2.32. The zero-order valence-electron chi connectivity index (χ0n) is 17.0. The van der Waals surface area contributed by atoms with Crippen molar-refractivity contribution in [3.05, 3.63) is 33.4 Å². The lowest BCUT2D eigenvalue weighted by Gasteiger charge is -2.33. The van der Waals surface area contributed by atoms with Gasteiger partial charge in [-0.3, -0.25) is 14.2 Å². The molecule has 5 nitrogen and oxygen atoms in total. The predicted molar refractivity (Wildman–Crippen MR) is 116 cm³/mol. The molecule has 2 aromatic heterocycles. The summed E-state index contributed by atoms with van der Waals surface area (Å²) >= 11 is 2.89. The minimum atomic E-state index is -0.300. The van der Waals surface area contributed by atoms with E-state index < -0.39 is 0 Å². The van der Waals surface area contributed by atoms with Gasteiger partial charge in [0.25, 0.3) is 5.56 Å². The number of nitrogens with zero attached hydrogens (tertiary/aromatic N) is 2. The third kappa shape index (κ3) is 4.20. The monoisotopic (exact) mass is 420 g/mol. The molecule has 0 aromatic carbocycles. The van der Waals surface area contributed by atoms with E-state index in [1.807, 2.05) is 0 Å². The fraction of sp³-hybridized carbons (Fsp3) is 0.571. The maximum absolute atomic E-state index is 13.3. The van der Waals surface area contributed by atoms with Crippen LogP contribution in [0.25, 0.3) is 10.2 Å². The maximum Gasteiger partial charge on any atom is 0.316 e. The number of thiophene rings is 1. The molecule has 1 aliphatic carbocycles. The van der Waals surface area contributed by atoms with Gasteiger partial charge in [-0.25, -0.2) is 4.98 Å². The number of aryl methyl sites for hydroxylation is 1. The van der Waals surface area contributed by atoms with Crippen LogP contribution in [0.2, 0.25) is 0 Å². The number of thioether (sulfide) groups is 1. The molecule has 152 valence electrons. The van der Waals surface area contributed by atoms with Crippen molar-refractivity contribution < 1.29 is 9.53 Å². The van der Waals surface area contributed by atoms with Crippen molar-refractivity contribution in [3.63, 3.8) is 0 Å². The molecule has 0 bridgehead atoms. The number of aromatic nitrogens is 2. The Bertz CT molecular complexity index is 953. The molecule has 0 saturated heterocycles. The normalized spacial score (nSPS) is 16.8. The smallest absolute Gasteiger partial charge is 0.316 e. The Balaban J connectivity index is 2.02. The van der Waals surface area contributed by atoms with Gasteiger partial charge in [0.15, 0.2) is 5.16 Å². The second-order valence-corrected chi connectivity index (χ2v) is 10.2. The summed E-state index contributed by atoms with van der Waals surface area (Å²) in [6.45, 7) is 13.1. The summed E-state index contributed by atoms with van der Waals surface area (Å²) in [4.78, 5) is 31.9. The number of carbonyl (C=O) groups is 1. The molecular formula is C21H28N2O3S2. The zero-order valence-corrected chi connectivity index (χ0v) is 18.7. The first-order chi connectivity index (χ1) is 13.3. The molecule has 0 saturated carbocycles. The standard InChI is InChI=1S/C21H28N2O3S2/c1-6-10-23-19(25)17-14-9-8-13(21(3,4)5)11-15(14)28-18(17)22-20(23)27-12-16(24)26-7-2/h6,13H,1,7-12H2,2-5H3/t13-/m1/s1. The SMILES string of the molecule is C=CCn1c(SCC(=O)OCC)nc2sc3c(c2c1=O)CC[C@@H](C(C)(C)C)C3. The van der Waals surface area contributed by atoms with E-state index in [1.54, 1.807) is 28.9 Å². The Hall–Kier alpha value is -1.60. The number of fused-ring (bicyclic) bond motifs is 3. The van der Waals surface area contributed by atoms with Gasteiger partial charge in [-0.15, -0.1) is 17.9 Å². The third-order valence-corrected chi connectivity index (χ3v) is 7.39. The maximum atomic E-state index is 13.3. The highest BCUT2D eigenvalue weighted by atomic mass is 32.2. The molecule has 28 heavy (non-hydrogen) atoms. The van der Waals surface area contributed by atoms with Gasteiger partial charge in [-0.1, -0.05) is 38.6 Å². The van der Waals surface area contributed by atoms with Gasteiger partial charge in [-0.2, -0.15) is 0 Å². The average molecular weight is 421 g/mol. The van der Waals surface area contributed by atoms with Crippen molar-refractivity contribution in [2.24, 2.45) is 11.3 Å². The average Bonchev–Trinajstić information content (AvgIpc) is 2.99. The Labute approximate surface area is 174 Å². The van der Waals surface area contributed by atoms with Crippen molar-refractivity contribution in [1.29, 1.82) is 0 Å². The van der Waals surface area contributed by atoms with Crippen molar-refractivity contribution in [3.8, 4) is 0 Å². The van der Waals surface area contributed by atoms with Crippen molar-refractivity contribution >= 4 is 39.3 Å². The molecule has 0 N–H and O–H groups in total. The number of esters is 1. The Morgan fingerprint density at radius 1 is 1.46 bits per heavy atom. The number of ether oxygens (including phenoxy) is 1. The fourth-order valence-electron chi connectivity index (χ4n) is 3.71. The molecule has 3 rings (SSSR count). The van der Waals surface area contributed by atoms with Crippen molar-refractivity contribution in [1.82, 2.24) is 9.55 Å². The van der Waals surface area contributed by atoms with Crippen LogP contribution in [0.1, 0.15) is 44.6 Å². The minimum absolute atomic E-state index is 0.0250. The number of hydrogen-bond acceptors (Lipinski definition) is 6. The molecule has 0 amide bonds. The summed E-state index contributed by atoms with van der Waals surface area (Å²) in [6.07, 6.45) is 4.73. The van der Waals surface area contributed by atoms with E-state index in [0.717, 1.165) is 29.5 Å². The molecule has 0 radical (unpaired) electrons. The van der Waals surface area contributed by atoms with E-state index in [-0.39, 0.29) is 22.7 Å². The molecule has 1 atom stereocenters. The summed E-state index contributed by atoms with van der Waals surface area (Å²) in [5.41, 5.74) is 1.41. The van der Waals surface area contributed by atoms with Gasteiger partial charge in [0.05, 0.1) is 17.7 Å². The molecule has 7 heteroatoms. The Morgan fingerprint density at radius 2 is 2.21 bits per heavy atom. The molecule has 0 spiro atoms. The van der Waals surface area contributed by atoms with Gasteiger partial charge < -0.3 is 4.74 Å². The van der Waals surface area contributed by atoms with Gasteiger partial charge in [0.1, 0.15) is 4.83 Å². The predicted octanol–water partition coefficient (Wildman–Crippen LogP) is 4.45. The summed E-state index contributed by atoms with van der Waals surface area (Å²) in [5.74, 6) is 0.451. The van der Waals surface area contributed by atoms with Crippen LogP contribution in [0.3, 0.4) is 0 Å². The minimum Gasteiger partial charge on any atom is -0.465 e. The molecule has 0 fully saturated rings. The second kappa shape index (κ2) is 8.41. The van der Waals surface area contributed by atoms with Crippen LogP contribution in [0.15, 0.2) is 22.6 Å². The van der Waals surface area contributed by atoms with Gasteiger partial charge in [-0.05, 0) is 43.1 Å².